The lowest BCUT2D eigenvalue weighted by Gasteiger charge is -2.07. The normalized spacial score (nSPS) is 10.4. The Morgan fingerprint density at radius 3 is 2.94 bits per heavy atom. The summed E-state index contributed by atoms with van der Waals surface area (Å²) in [5, 5.41) is 0. The highest BCUT2D eigenvalue weighted by Gasteiger charge is 2.14. The van der Waals surface area contributed by atoms with Crippen molar-refractivity contribution in [3.63, 3.8) is 0 Å². The Morgan fingerprint density at radius 1 is 1.56 bits per heavy atom. The van der Waals surface area contributed by atoms with Crippen LogP contribution in [-0.2, 0) is 4.74 Å². The third kappa shape index (κ3) is 4.49. The van der Waals surface area contributed by atoms with E-state index in [9.17, 15) is 9.18 Å². The molecule has 0 unspecified atom stereocenters. The van der Waals surface area contributed by atoms with Crippen LogP contribution in [0.5, 0.6) is 0 Å². The summed E-state index contributed by atoms with van der Waals surface area (Å²) in [6.45, 7) is 2.44. The van der Waals surface area contributed by atoms with E-state index in [2.05, 4.69) is 22.9 Å². The number of carbonyl (C=O) groups is 1. The van der Waals surface area contributed by atoms with Crippen LogP contribution < -0.4 is 5.73 Å². The SMILES string of the molecule is CCSCCCOC(=O)c1cc(N)c(F)cc1Br. The maximum atomic E-state index is 13.1. The van der Waals surface area contributed by atoms with E-state index >= 15 is 0 Å². The quantitative estimate of drug-likeness (QED) is 0.491. The summed E-state index contributed by atoms with van der Waals surface area (Å²) in [6, 6.07) is 2.45. The molecular weight excluding hydrogens is 321 g/mol. The average Bonchev–Trinajstić information content (AvgIpc) is 2.33. The number of thioether (sulfide) groups is 1. The molecule has 0 fully saturated rings. The molecule has 0 saturated carbocycles. The third-order valence-corrected chi connectivity index (χ3v) is 3.82. The van der Waals surface area contributed by atoms with Crippen molar-refractivity contribution >= 4 is 39.3 Å². The lowest BCUT2D eigenvalue weighted by atomic mass is 10.2. The van der Waals surface area contributed by atoms with Crippen LogP contribution in [-0.4, -0.2) is 24.1 Å². The molecule has 0 aliphatic rings. The second-order valence-corrected chi connectivity index (χ2v) is 5.79. The highest BCUT2D eigenvalue weighted by atomic mass is 79.9. The van der Waals surface area contributed by atoms with Gasteiger partial charge in [-0.3, -0.25) is 0 Å². The van der Waals surface area contributed by atoms with E-state index in [1.165, 1.54) is 12.1 Å². The zero-order valence-corrected chi connectivity index (χ0v) is 12.4. The Morgan fingerprint density at radius 2 is 2.28 bits per heavy atom. The number of hydrogen-bond acceptors (Lipinski definition) is 4. The molecule has 1 aromatic carbocycles. The number of hydrogen-bond donors (Lipinski definition) is 1. The minimum atomic E-state index is -0.558. The Kier molecular flexibility index (Phi) is 6.49. The molecule has 0 heterocycles. The fraction of sp³-hybridized carbons (Fsp3) is 0.417. The minimum Gasteiger partial charge on any atom is -0.462 e. The minimum absolute atomic E-state index is 0.0633. The van der Waals surface area contributed by atoms with Crippen molar-refractivity contribution in [2.24, 2.45) is 0 Å². The second kappa shape index (κ2) is 7.63. The van der Waals surface area contributed by atoms with Crippen molar-refractivity contribution < 1.29 is 13.9 Å². The van der Waals surface area contributed by atoms with Crippen molar-refractivity contribution in [2.75, 3.05) is 23.8 Å². The van der Waals surface area contributed by atoms with Crippen molar-refractivity contribution in [3.05, 3.63) is 28.0 Å². The highest BCUT2D eigenvalue weighted by Crippen LogP contribution is 2.23. The van der Waals surface area contributed by atoms with Crippen molar-refractivity contribution in [1.82, 2.24) is 0 Å². The molecule has 0 aromatic heterocycles. The van der Waals surface area contributed by atoms with Crippen LogP contribution in [0, 0.1) is 5.82 Å². The van der Waals surface area contributed by atoms with Gasteiger partial charge in [-0.2, -0.15) is 11.8 Å². The number of nitrogens with two attached hydrogens (primary N) is 1. The maximum absolute atomic E-state index is 13.1. The number of nitrogen functional groups attached to an aromatic ring is 1. The first-order chi connectivity index (χ1) is 8.56. The first-order valence-electron chi connectivity index (χ1n) is 5.55. The van der Waals surface area contributed by atoms with Crippen LogP contribution in [0.1, 0.15) is 23.7 Å². The van der Waals surface area contributed by atoms with Crippen LogP contribution >= 0.6 is 27.7 Å². The molecule has 3 nitrogen and oxygen atoms in total. The Bertz CT molecular complexity index is 429. The summed E-state index contributed by atoms with van der Waals surface area (Å²) in [5.74, 6) is 0.956. The zero-order chi connectivity index (χ0) is 13.5. The summed E-state index contributed by atoms with van der Waals surface area (Å²) < 4.78 is 18.5. The van der Waals surface area contributed by atoms with Crippen LogP contribution in [0.2, 0.25) is 0 Å². The number of rotatable bonds is 6. The third-order valence-electron chi connectivity index (χ3n) is 2.18. The van der Waals surface area contributed by atoms with Crippen LogP contribution in [0.25, 0.3) is 0 Å². The second-order valence-electron chi connectivity index (χ2n) is 3.54. The summed E-state index contributed by atoms with van der Waals surface area (Å²) in [7, 11) is 0. The lowest BCUT2D eigenvalue weighted by molar-refractivity contribution is 0.0505. The monoisotopic (exact) mass is 335 g/mol. The Labute approximate surface area is 118 Å². The van der Waals surface area contributed by atoms with Crippen molar-refractivity contribution in [1.29, 1.82) is 0 Å². The van der Waals surface area contributed by atoms with E-state index in [1.54, 1.807) is 11.8 Å². The van der Waals surface area contributed by atoms with Crippen LogP contribution in [0.3, 0.4) is 0 Å². The van der Waals surface area contributed by atoms with E-state index < -0.39 is 11.8 Å². The molecule has 0 aliphatic heterocycles. The van der Waals surface area contributed by atoms with E-state index in [0.717, 1.165) is 17.9 Å². The highest BCUT2D eigenvalue weighted by molar-refractivity contribution is 9.10. The average molecular weight is 336 g/mol. The number of benzene rings is 1. The molecule has 0 spiro atoms. The molecule has 0 radical (unpaired) electrons. The van der Waals surface area contributed by atoms with Crippen LogP contribution in [0.15, 0.2) is 16.6 Å². The largest absolute Gasteiger partial charge is 0.462 e. The van der Waals surface area contributed by atoms with Gasteiger partial charge in [-0.1, -0.05) is 6.92 Å². The first kappa shape index (κ1) is 15.3. The molecular formula is C12H15BrFNO2S. The van der Waals surface area contributed by atoms with Gasteiger partial charge in [0.1, 0.15) is 5.82 Å². The fourth-order valence-electron chi connectivity index (χ4n) is 1.27. The number of carbonyl (C=O) groups excluding carboxylic acids is 1. The molecule has 1 rings (SSSR count). The van der Waals surface area contributed by atoms with Crippen molar-refractivity contribution in [2.45, 2.75) is 13.3 Å². The molecule has 6 heteroatoms. The van der Waals surface area contributed by atoms with Gasteiger partial charge in [0.2, 0.25) is 0 Å². The number of anilines is 1. The molecule has 0 atom stereocenters. The van der Waals surface area contributed by atoms with Crippen LogP contribution in [0.4, 0.5) is 10.1 Å². The number of ether oxygens (including phenoxy) is 1. The molecule has 0 bridgehead atoms. The standard InChI is InChI=1S/C12H15BrFNO2S/c1-2-18-5-3-4-17-12(16)8-6-11(15)10(14)7-9(8)13/h6-7H,2-5,15H2,1H3. The van der Waals surface area contributed by atoms with Gasteiger partial charge in [0.05, 0.1) is 17.9 Å². The van der Waals surface area contributed by atoms with Gasteiger partial charge in [-0.25, -0.2) is 9.18 Å². The Hall–Kier alpha value is -0.750. The summed E-state index contributed by atoms with van der Waals surface area (Å²) >= 11 is 4.91. The smallest absolute Gasteiger partial charge is 0.339 e. The molecule has 1 aromatic rings. The summed E-state index contributed by atoms with van der Waals surface area (Å²) in [4.78, 5) is 11.7. The summed E-state index contributed by atoms with van der Waals surface area (Å²) in [6.07, 6.45) is 0.804. The van der Waals surface area contributed by atoms with Gasteiger partial charge in [-0.05, 0) is 46.0 Å². The number of esters is 1. The molecule has 2 N–H and O–H groups in total. The zero-order valence-electron chi connectivity index (χ0n) is 10.0. The van der Waals surface area contributed by atoms with E-state index in [0.29, 0.717) is 11.1 Å². The predicted octanol–water partition coefficient (Wildman–Crippen LogP) is 3.47. The van der Waals surface area contributed by atoms with E-state index in [-0.39, 0.29) is 11.3 Å². The summed E-state index contributed by atoms with van der Waals surface area (Å²) in [5.41, 5.74) is 5.60. The van der Waals surface area contributed by atoms with Gasteiger partial charge < -0.3 is 10.5 Å². The van der Waals surface area contributed by atoms with E-state index in [4.69, 9.17) is 10.5 Å². The maximum Gasteiger partial charge on any atom is 0.339 e. The van der Waals surface area contributed by atoms with Crippen molar-refractivity contribution in [3.8, 4) is 0 Å². The molecule has 0 aliphatic carbocycles. The molecule has 100 valence electrons. The predicted molar refractivity (Wildman–Crippen MR) is 76.4 cm³/mol. The molecule has 18 heavy (non-hydrogen) atoms. The van der Waals surface area contributed by atoms with Gasteiger partial charge in [0, 0.05) is 4.47 Å². The number of halogens is 2. The fourth-order valence-corrected chi connectivity index (χ4v) is 2.36. The first-order valence-corrected chi connectivity index (χ1v) is 7.50. The van der Waals surface area contributed by atoms with Gasteiger partial charge in [0.15, 0.2) is 0 Å². The van der Waals surface area contributed by atoms with Gasteiger partial charge >= 0.3 is 5.97 Å². The van der Waals surface area contributed by atoms with Gasteiger partial charge in [0.25, 0.3) is 0 Å². The topological polar surface area (TPSA) is 52.3 Å². The van der Waals surface area contributed by atoms with E-state index in [1.807, 2.05) is 0 Å². The molecule has 0 amide bonds. The lowest BCUT2D eigenvalue weighted by Crippen LogP contribution is -2.09. The molecule has 0 saturated heterocycles. The van der Waals surface area contributed by atoms with Gasteiger partial charge in [-0.15, -0.1) is 0 Å². The Balaban J connectivity index is 2.54.